The lowest BCUT2D eigenvalue weighted by Crippen LogP contribution is -2.27. The zero-order chi connectivity index (χ0) is 17.9. The molecule has 1 unspecified atom stereocenters. The van der Waals surface area contributed by atoms with E-state index in [1.165, 1.54) is 23.9 Å². The van der Waals surface area contributed by atoms with Crippen molar-refractivity contribution in [3.8, 4) is 0 Å². The number of sulfonamides is 1. The van der Waals surface area contributed by atoms with Crippen LogP contribution in [-0.4, -0.2) is 20.6 Å². The van der Waals surface area contributed by atoms with E-state index in [9.17, 15) is 13.2 Å². The van der Waals surface area contributed by atoms with E-state index >= 15 is 0 Å². The van der Waals surface area contributed by atoms with Gasteiger partial charge in [0.15, 0.2) is 0 Å². The van der Waals surface area contributed by atoms with Gasteiger partial charge in [-0.15, -0.1) is 11.8 Å². The number of halogens is 1. The third-order valence-electron chi connectivity index (χ3n) is 3.45. The Morgan fingerprint density at radius 2 is 1.96 bits per heavy atom. The summed E-state index contributed by atoms with van der Waals surface area (Å²) in [7, 11) is -3.79. The molecular weight excluding hydrogens is 368 g/mol. The summed E-state index contributed by atoms with van der Waals surface area (Å²) in [5, 5.41) is 8.31. The van der Waals surface area contributed by atoms with Crippen molar-refractivity contribution in [3.05, 3.63) is 58.6 Å². The SMILES string of the molecule is CSc1ccc(Cl)c(C(=O)NC(C)c2cccc(S(N)(=O)=O)c2)c1. The van der Waals surface area contributed by atoms with Crippen molar-refractivity contribution in [2.45, 2.75) is 22.8 Å². The van der Waals surface area contributed by atoms with Gasteiger partial charge < -0.3 is 5.32 Å². The molecule has 5 nitrogen and oxygen atoms in total. The summed E-state index contributed by atoms with van der Waals surface area (Å²) in [6.07, 6.45) is 1.91. The minimum Gasteiger partial charge on any atom is -0.345 e. The number of carbonyl (C=O) groups is 1. The number of nitrogens with one attached hydrogen (secondary N) is 1. The molecule has 0 saturated carbocycles. The lowest BCUT2D eigenvalue weighted by molar-refractivity contribution is 0.0940. The van der Waals surface area contributed by atoms with Gasteiger partial charge in [0.1, 0.15) is 0 Å². The molecule has 1 atom stereocenters. The first kappa shape index (κ1) is 18.8. The third kappa shape index (κ3) is 4.51. The van der Waals surface area contributed by atoms with Crippen molar-refractivity contribution in [2.24, 2.45) is 5.14 Å². The quantitative estimate of drug-likeness (QED) is 0.774. The minimum atomic E-state index is -3.79. The number of nitrogens with two attached hydrogens (primary N) is 1. The summed E-state index contributed by atoms with van der Waals surface area (Å²) in [6.45, 7) is 1.76. The number of hydrogen-bond donors (Lipinski definition) is 2. The monoisotopic (exact) mass is 384 g/mol. The summed E-state index contributed by atoms with van der Waals surface area (Å²) >= 11 is 7.61. The average molecular weight is 385 g/mol. The summed E-state index contributed by atoms with van der Waals surface area (Å²) in [5.74, 6) is -0.329. The summed E-state index contributed by atoms with van der Waals surface area (Å²) in [5.41, 5.74) is 1.00. The van der Waals surface area contributed by atoms with Crippen molar-refractivity contribution in [3.63, 3.8) is 0 Å². The van der Waals surface area contributed by atoms with Gasteiger partial charge >= 0.3 is 0 Å². The van der Waals surface area contributed by atoms with Gasteiger partial charge in [-0.25, -0.2) is 13.6 Å². The fourth-order valence-corrected chi connectivity index (χ4v) is 3.34. The van der Waals surface area contributed by atoms with Gasteiger partial charge in [-0.1, -0.05) is 23.7 Å². The molecule has 0 aliphatic rings. The van der Waals surface area contributed by atoms with E-state index in [2.05, 4.69) is 5.32 Å². The summed E-state index contributed by atoms with van der Waals surface area (Å²) in [6, 6.07) is 11.0. The number of amides is 1. The first-order valence-electron chi connectivity index (χ1n) is 6.99. The van der Waals surface area contributed by atoms with Crippen molar-refractivity contribution in [1.82, 2.24) is 5.32 Å². The molecule has 0 aliphatic carbocycles. The molecule has 0 radical (unpaired) electrons. The first-order chi connectivity index (χ1) is 11.2. The van der Waals surface area contributed by atoms with Crippen LogP contribution in [0.15, 0.2) is 52.3 Å². The van der Waals surface area contributed by atoms with Gasteiger partial charge in [0, 0.05) is 4.90 Å². The predicted molar refractivity (Wildman–Crippen MR) is 96.9 cm³/mol. The number of thioether (sulfide) groups is 1. The van der Waals surface area contributed by atoms with Crippen molar-refractivity contribution < 1.29 is 13.2 Å². The molecule has 0 aromatic heterocycles. The molecule has 128 valence electrons. The lowest BCUT2D eigenvalue weighted by Gasteiger charge is -2.16. The molecule has 24 heavy (non-hydrogen) atoms. The van der Waals surface area contributed by atoms with E-state index in [-0.39, 0.29) is 10.8 Å². The number of primary sulfonamides is 1. The second-order valence-corrected chi connectivity index (χ2v) is 8.01. The highest BCUT2D eigenvalue weighted by molar-refractivity contribution is 7.98. The van der Waals surface area contributed by atoms with E-state index < -0.39 is 16.1 Å². The van der Waals surface area contributed by atoms with Crippen molar-refractivity contribution in [2.75, 3.05) is 6.26 Å². The molecule has 8 heteroatoms. The highest BCUT2D eigenvalue weighted by Gasteiger charge is 2.16. The Morgan fingerprint density at radius 3 is 2.58 bits per heavy atom. The Morgan fingerprint density at radius 1 is 1.25 bits per heavy atom. The van der Waals surface area contributed by atoms with Crippen LogP contribution in [-0.2, 0) is 10.0 Å². The molecule has 2 aromatic carbocycles. The first-order valence-corrected chi connectivity index (χ1v) is 10.1. The zero-order valence-corrected chi connectivity index (χ0v) is 15.5. The second kappa shape index (κ2) is 7.57. The molecule has 0 heterocycles. The standard InChI is InChI=1S/C16H17ClN2O3S2/c1-10(11-4-3-5-13(8-11)24(18,21)22)19-16(20)14-9-12(23-2)6-7-15(14)17/h3-10H,1-2H3,(H,19,20)(H2,18,21,22). The topological polar surface area (TPSA) is 89.3 Å². The highest BCUT2D eigenvalue weighted by atomic mass is 35.5. The molecule has 0 aliphatic heterocycles. The lowest BCUT2D eigenvalue weighted by atomic mass is 10.1. The average Bonchev–Trinajstić information content (AvgIpc) is 2.54. The second-order valence-electron chi connectivity index (χ2n) is 5.16. The van der Waals surface area contributed by atoms with E-state index in [0.717, 1.165) is 4.90 Å². The Bertz CT molecular complexity index is 869. The van der Waals surface area contributed by atoms with E-state index in [0.29, 0.717) is 16.1 Å². The number of carbonyl (C=O) groups excluding carboxylic acids is 1. The Kier molecular flexibility index (Phi) is 5.92. The highest BCUT2D eigenvalue weighted by Crippen LogP contribution is 2.24. The maximum atomic E-state index is 12.5. The van der Waals surface area contributed by atoms with Crippen LogP contribution >= 0.6 is 23.4 Å². The number of benzene rings is 2. The van der Waals surface area contributed by atoms with E-state index in [1.807, 2.05) is 12.3 Å². The van der Waals surface area contributed by atoms with Crippen LogP contribution < -0.4 is 10.5 Å². The van der Waals surface area contributed by atoms with Gasteiger partial charge in [-0.2, -0.15) is 0 Å². The predicted octanol–water partition coefficient (Wildman–Crippen LogP) is 3.20. The Hall–Kier alpha value is -1.54. The fourth-order valence-electron chi connectivity index (χ4n) is 2.12. The molecule has 0 bridgehead atoms. The fraction of sp³-hybridized carbons (Fsp3) is 0.188. The number of rotatable bonds is 5. The molecular formula is C16H17ClN2O3S2. The maximum Gasteiger partial charge on any atom is 0.253 e. The normalized spacial score (nSPS) is 12.7. The zero-order valence-electron chi connectivity index (χ0n) is 13.1. The van der Waals surface area contributed by atoms with Gasteiger partial charge in [0.05, 0.1) is 21.5 Å². The van der Waals surface area contributed by atoms with E-state index in [1.54, 1.807) is 31.2 Å². The summed E-state index contributed by atoms with van der Waals surface area (Å²) < 4.78 is 22.9. The van der Waals surface area contributed by atoms with Gasteiger partial charge in [0.2, 0.25) is 10.0 Å². The third-order valence-corrected chi connectivity index (χ3v) is 5.42. The van der Waals surface area contributed by atoms with Crippen molar-refractivity contribution >= 4 is 39.3 Å². The van der Waals surface area contributed by atoms with Gasteiger partial charge in [0.25, 0.3) is 5.91 Å². The van der Waals surface area contributed by atoms with Gasteiger partial charge in [-0.05, 0) is 49.1 Å². The van der Waals surface area contributed by atoms with Crippen LogP contribution in [0, 0.1) is 0 Å². The summed E-state index contributed by atoms with van der Waals surface area (Å²) in [4.78, 5) is 13.4. The molecule has 2 aromatic rings. The smallest absolute Gasteiger partial charge is 0.253 e. The van der Waals surface area contributed by atoms with Crippen LogP contribution in [0.2, 0.25) is 5.02 Å². The molecule has 0 saturated heterocycles. The van der Waals surface area contributed by atoms with Crippen LogP contribution in [0.3, 0.4) is 0 Å². The van der Waals surface area contributed by atoms with E-state index in [4.69, 9.17) is 16.7 Å². The molecule has 2 rings (SSSR count). The van der Waals surface area contributed by atoms with Crippen LogP contribution in [0.25, 0.3) is 0 Å². The largest absolute Gasteiger partial charge is 0.345 e. The molecule has 3 N–H and O–H groups in total. The van der Waals surface area contributed by atoms with Gasteiger partial charge in [-0.3, -0.25) is 4.79 Å². The molecule has 0 fully saturated rings. The minimum absolute atomic E-state index is 0.00325. The Labute approximate surface area is 150 Å². The van der Waals surface area contributed by atoms with Crippen molar-refractivity contribution in [1.29, 1.82) is 0 Å². The van der Waals surface area contributed by atoms with Crippen LogP contribution in [0.1, 0.15) is 28.9 Å². The van der Waals surface area contributed by atoms with Crippen LogP contribution in [0.5, 0.6) is 0 Å². The van der Waals surface area contributed by atoms with Crippen LogP contribution in [0.4, 0.5) is 0 Å². The Balaban J connectivity index is 2.24. The molecule has 1 amide bonds. The molecule has 0 spiro atoms. The maximum absolute atomic E-state index is 12.5. The number of hydrogen-bond acceptors (Lipinski definition) is 4.